The molecule has 1 aliphatic rings. The average molecular weight is 349 g/mol. The van der Waals surface area contributed by atoms with Gasteiger partial charge in [-0.25, -0.2) is 0 Å². The van der Waals surface area contributed by atoms with Crippen molar-refractivity contribution in [3.05, 3.63) is 50.7 Å². The third kappa shape index (κ3) is 3.26. The monoisotopic (exact) mass is 348 g/mol. The summed E-state index contributed by atoms with van der Waals surface area (Å²) in [5, 5.41) is 2.81. The molecule has 120 valence electrons. The molecular formula is C17H17ClN2O2S. The van der Waals surface area contributed by atoms with E-state index < -0.39 is 6.04 Å². The van der Waals surface area contributed by atoms with E-state index in [2.05, 4.69) is 5.32 Å². The highest BCUT2D eigenvalue weighted by Crippen LogP contribution is 2.25. The fourth-order valence-corrected chi connectivity index (χ4v) is 3.58. The van der Waals surface area contributed by atoms with Gasteiger partial charge in [0.05, 0.1) is 9.21 Å². The molecule has 23 heavy (non-hydrogen) atoms. The van der Waals surface area contributed by atoms with Crippen molar-refractivity contribution in [2.45, 2.75) is 26.3 Å². The highest BCUT2D eigenvalue weighted by molar-refractivity contribution is 7.18. The molecule has 1 unspecified atom stereocenters. The number of thiophene rings is 1. The quantitative estimate of drug-likeness (QED) is 0.922. The molecular weight excluding hydrogens is 332 g/mol. The lowest BCUT2D eigenvalue weighted by Crippen LogP contribution is -2.41. The maximum Gasteiger partial charge on any atom is 0.262 e. The van der Waals surface area contributed by atoms with Crippen LogP contribution in [-0.2, 0) is 4.79 Å². The standard InChI is InChI=1S/C17H17ClN2O2S/c1-10-3-4-12(9-11(10)2)20-8-7-13(17(20)22)19-16(21)14-5-6-15(18)23-14/h3-6,9,13H,7-8H2,1-2H3,(H,19,21). The number of carbonyl (C=O) groups is 2. The molecule has 1 aromatic heterocycles. The molecule has 0 spiro atoms. The highest BCUT2D eigenvalue weighted by Gasteiger charge is 2.34. The van der Waals surface area contributed by atoms with Gasteiger partial charge >= 0.3 is 0 Å². The Morgan fingerprint density at radius 3 is 2.70 bits per heavy atom. The molecule has 1 aromatic carbocycles. The van der Waals surface area contributed by atoms with Crippen LogP contribution in [0.1, 0.15) is 27.2 Å². The molecule has 1 atom stereocenters. The summed E-state index contributed by atoms with van der Waals surface area (Å²) in [4.78, 5) is 27.0. The number of hydrogen-bond donors (Lipinski definition) is 1. The molecule has 1 aliphatic heterocycles. The number of amides is 2. The van der Waals surface area contributed by atoms with E-state index in [9.17, 15) is 9.59 Å². The summed E-state index contributed by atoms with van der Waals surface area (Å²) in [6.07, 6.45) is 0.608. The number of halogens is 1. The van der Waals surface area contributed by atoms with Gasteiger partial charge < -0.3 is 10.2 Å². The Balaban J connectivity index is 1.71. The second-order valence-corrected chi connectivity index (χ2v) is 7.39. The molecule has 4 nitrogen and oxygen atoms in total. The SMILES string of the molecule is Cc1ccc(N2CCC(NC(=O)c3ccc(Cl)s3)C2=O)cc1C. The molecule has 1 saturated heterocycles. The summed E-state index contributed by atoms with van der Waals surface area (Å²) in [5.41, 5.74) is 3.23. The largest absolute Gasteiger partial charge is 0.339 e. The van der Waals surface area contributed by atoms with Crippen molar-refractivity contribution in [1.82, 2.24) is 5.32 Å². The van der Waals surface area contributed by atoms with Crippen molar-refractivity contribution < 1.29 is 9.59 Å². The van der Waals surface area contributed by atoms with E-state index in [-0.39, 0.29) is 11.8 Å². The highest BCUT2D eigenvalue weighted by atomic mass is 35.5. The first-order chi connectivity index (χ1) is 11.0. The van der Waals surface area contributed by atoms with Gasteiger partial charge in [0.15, 0.2) is 0 Å². The predicted molar refractivity (Wildman–Crippen MR) is 93.5 cm³/mol. The molecule has 0 radical (unpaired) electrons. The molecule has 1 N–H and O–H groups in total. The Kier molecular flexibility index (Phi) is 4.41. The Morgan fingerprint density at radius 2 is 2.04 bits per heavy atom. The summed E-state index contributed by atoms with van der Waals surface area (Å²) in [5.74, 6) is -0.313. The molecule has 2 heterocycles. The van der Waals surface area contributed by atoms with Crippen LogP contribution in [0.25, 0.3) is 0 Å². The fraction of sp³-hybridized carbons (Fsp3) is 0.294. The summed E-state index contributed by atoms with van der Waals surface area (Å²) < 4.78 is 0.560. The minimum atomic E-state index is -0.481. The zero-order valence-corrected chi connectivity index (χ0v) is 14.5. The second-order valence-electron chi connectivity index (χ2n) is 5.68. The number of anilines is 1. The van der Waals surface area contributed by atoms with E-state index in [0.29, 0.717) is 22.2 Å². The van der Waals surface area contributed by atoms with Gasteiger partial charge in [0.2, 0.25) is 5.91 Å². The molecule has 2 aromatic rings. The van der Waals surface area contributed by atoms with Crippen LogP contribution in [0.4, 0.5) is 5.69 Å². The maximum atomic E-state index is 12.6. The maximum absolute atomic E-state index is 12.6. The summed E-state index contributed by atoms with van der Waals surface area (Å²) >= 11 is 7.05. The zero-order valence-electron chi connectivity index (χ0n) is 12.9. The van der Waals surface area contributed by atoms with Gasteiger partial charge in [0.25, 0.3) is 5.91 Å². The van der Waals surface area contributed by atoms with Crippen LogP contribution in [0, 0.1) is 13.8 Å². The topological polar surface area (TPSA) is 49.4 Å². The van der Waals surface area contributed by atoms with E-state index in [4.69, 9.17) is 11.6 Å². The number of benzene rings is 1. The van der Waals surface area contributed by atoms with Crippen LogP contribution >= 0.6 is 22.9 Å². The van der Waals surface area contributed by atoms with E-state index in [0.717, 1.165) is 11.3 Å². The van der Waals surface area contributed by atoms with Crippen molar-refractivity contribution in [1.29, 1.82) is 0 Å². The molecule has 0 saturated carbocycles. The van der Waals surface area contributed by atoms with Gasteiger partial charge in [-0.3, -0.25) is 9.59 Å². The Bertz CT molecular complexity index is 772. The number of nitrogens with zero attached hydrogens (tertiary/aromatic N) is 1. The van der Waals surface area contributed by atoms with Gasteiger partial charge in [-0.1, -0.05) is 17.7 Å². The summed E-state index contributed by atoms with van der Waals surface area (Å²) in [6, 6.07) is 8.84. The smallest absolute Gasteiger partial charge is 0.262 e. The lowest BCUT2D eigenvalue weighted by Gasteiger charge is -2.18. The van der Waals surface area contributed by atoms with E-state index in [1.54, 1.807) is 17.0 Å². The lowest BCUT2D eigenvalue weighted by molar-refractivity contribution is -0.118. The number of hydrogen-bond acceptors (Lipinski definition) is 3. The number of rotatable bonds is 3. The Labute approximate surface area is 144 Å². The first-order valence-corrected chi connectivity index (χ1v) is 8.60. The molecule has 3 rings (SSSR count). The second kappa shape index (κ2) is 6.34. The van der Waals surface area contributed by atoms with Crippen LogP contribution < -0.4 is 10.2 Å². The molecule has 0 bridgehead atoms. The normalized spacial score (nSPS) is 17.6. The first kappa shape index (κ1) is 16.0. The lowest BCUT2D eigenvalue weighted by atomic mass is 10.1. The van der Waals surface area contributed by atoms with Gasteiger partial charge in [0.1, 0.15) is 6.04 Å². The average Bonchev–Trinajstić information content (AvgIpc) is 3.09. The molecule has 6 heteroatoms. The van der Waals surface area contributed by atoms with Crippen molar-refractivity contribution in [2.24, 2.45) is 0 Å². The van der Waals surface area contributed by atoms with Crippen molar-refractivity contribution in [3.63, 3.8) is 0 Å². The molecule has 1 fully saturated rings. The third-order valence-electron chi connectivity index (χ3n) is 4.11. The van der Waals surface area contributed by atoms with Gasteiger partial charge in [-0.05, 0) is 55.7 Å². The predicted octanol–water partition coefficient (Wildman–Crippen LogP) is 3.55. The van der Waals surface area contributed by atoms with E-state index in [1.807, 2.05) is 32.0 Å². The van der Waals surface area contributed by atoms with E-state index >= 15 is 0 Å². The van der Waals surface area contributed by atoms with Crippen molar-refractivity contribution in [2.75, 3.05) is 11.4 Å². The molecule has 0 aliphatic carbocycles. The minimum absolute atomic E-state index is 0.0655. The molecule has 2 amide bonds. The number of carbonyl (C=O) groups excluding carboxylic acids is 2. The number of nitrogens with one attached hydrogen (secondary N) is 1. The van der Waals surface area contributed by atoms with Crippen LogP contribution in [0.5, 0.6) is 0 Å². The van der Waals surface area contributed by atoms with Gasteiger partial charge in [-0.2, -0.15) is 0 Å². The summed E-state index contributed by atoms with van der Waals surface area (Å²) in [6.45, 7) is 4.68. The first-order valence-electron chi connectivity index (χ1n) is 7.40. The fourth-order valence-electron chi connectivity index (χ4n) is 2.63. The zero-order chi connectivity index (χ0) is 16.6. The van der Waals surface area contributed by atoms with Crippen molar-refractivity contribution in [3.8, 4) is 0 Å². The van der Waals surface area contributed by atoms with Crippen LogP contribution in [0.3, 0.4) is 0 Å². The van der Waals surface area contributed by atoms with Crippen LogP contribution in [0.15, 0.2) is 30.3 Å². The number of aryl methyl sites for hydroxylation is 2. The van der Waals surface area contributed by atoms with Gasteiger partial charge in [-0.15, -0.1) is 11.3 Å². The van der Waals surface area contributed by atoms with Crippen molar-refractivity contribution >= 4 is 40.4 Å². The third-order valence-corrected chi connectivity index (χ3v) is 5.34. The van der Waals surface area contributed by atoms with Gasteiger partial charge in [0, 0.05) is 12.2 Å². The van der Waals surface area contributed by atoms with Crippen LogP contribution in [-0.4, -0.2) is 24.4 Å². The van der Waals surface area contributed by atoms with E-state index in [1.165, 1.54) is 16.9 Å². The minimum Gasteiger partial charge on any atom is -0.339 e. The van der Waals surface area contributed by atoms with Crippen LogP contribution in [0.2, 0.25) is 4.34 Å². The Morgan fingerprint density at radius 1 is 1.26 bits per heavy atom. The summed E-state index contributed by atoms with van der Waals surface area (Å²) in [7, 11) is 0. The Hall–Kier alpha value is -1.85.